The maximum Gasteiger partial charge on any atom is 0.0716 e. The first-order valence-corrected chi connectivity index (χ1v) is 4.70. The number of hydrogen-bond acceptors (Lipinski definition) is 3. The van der Waals surface area contributed by atoms with E-state index in [1.54, 1.807) is 7.11 Å². The van der Waals surface area contributed by atoms with Crippen LogP contribution in [-0.4, -0.2) is 12.3 Å². The van der Waals surface area contributed by atoms with Crippen molar-refractivity contribution in [3.05, 3.63) is 33.8 Å². The molecule has 0 amide bonds. The predicted octanol–water partition coefficient (Wildman–Crippen LogP) is 2.07. The lowest BCUT2D eigenvalue weighted by atomic mass is 10.1. The molecule has 1 aromatic carbocycles. The quantitative estimate of drug-likeness (QED) is 0.799. The molecule has 3 nitrogen and oxygen atoms in total. The molecule has 4 heteroatoms. The van der Waals surface area contributed by atoms with Crippen molar-refractivity contribution in [2.75, 3.05) is 7.11 Å². The summed E-state index contributed by atoms with van der Waals surface area (Å²) in [5.74, 6) is 0. The van der Waals surface area contributed by atoms with Gasteiger partial charge in [0.05, 0.1) is 6.61 Å². The van der Waals surface area contributed by atoms with Gasteiger partial charge in [-0.25, -0.2) is 5.48 Å². The molecule has 72 valence electrons. The second-order valence-electron chi connectivity index (χ2n) is 2.68. The highest BCUT2D eigenvalue weighted by Gasteiger charge is 2.01. The Morgan fingerprint density at radius 3 is 2.85 bits per heavy atom. The van der Waals surface area contributed by atoms with Crippen molar-refractivity contribution in [1.29, 1.82) is 0 Å². The highest BCUT2D eigenvalue weighted by molar-refractivity contribution is 9.10. The van der Waals surface area contributed by atoms with Crippen LogP contribution in [0.5, 0.6) is 0 Å². The van der Waals surface area contributed by atoms with Gasteiger partial charge >= 0.3 is 0 Å². The zero-order valence-electron chi connectivity index (χ0n) is 7.38. The number of nitrogens with one attached hydrogen (secondary N) is 1. The number of methoxy groups -OCH3 is 1. The Balaban J connectivity index is 2.89. The number of benzene rings is 1. The lowest BCUT2D eigenvalue weighted by Gasteiger charge is -2.08. The number of hydrogen-bond donors (Lipinski definition) is 2. The average Bonchev–Trinajstić information content (AvgIpc) is 2.10. The summed E-state index contributed by atoms with van der Waals surface area (Å²) < 4.78 is 6.03. The maximum absolute atomic E-state index is 8.60. The van der Waals surface area contributed by atoms with Crippen LogP contribution in [0.3, 0.4) is 0 Å². The molecule has 0 aliphatic heterocycles. The summed E-state index contributed by atoms with van der Waals surface area (Å²) in [6, 6.07) is 5.88. The zero-order valence-corrected chi connectivity index (χ0v) is 8.97. The molecule has 2 N–H and O–H groups in total. The summed E-state index contributed by atoms with van der Waals surface area (Å²) in [5, 5.41) is 8.60. The fourth-order valence-electron chi connectivity index (χ4n) is 1.14. The van der Waals surface area contributed by atoms with Gasteiger partial charge in [0, 0.05) is 18.1 Å². The molecule has 0 fully saturated rings. The number of hydroxylamine groups is 1. The first-order valence-electron chi connectivity index (χ1n) is 3.91. The van der Waals surface area contributed by atoms with Crippen LogP contribution in [0.4, 0.5) is 0 Å². The monoisotopic (exact) mass is 245 g/mol. The van der Waals surface area contributed by atoms with Crippen LogP contribution >= 0.6 is 15.9 Å². The standard InChI is InChI=1S/C9H12BrNO2/c1-13-6-7-2-3-9(10)4-8(7)5-11-12/h2-4,11-12H,5-6H2,1H3. The number of rotatable bonds is 4. The Hall–Kier alpha value is -0.420. The Morgan fingerprint density at radius 2 is 2.23 bits per heavy atom. The molecule has 0 aliphatic carbocycles. The summed E-state index contributed by atoms with van der Waals surface area (Å²) in [6.45, 7) is 0.989. The van der Waals surface area contributed by atoms with Gasteiger partial charge in [0.2, 0.25) is 0 Å². The van der Waals surface area contributed by atoms with Crippen molar-refractivity contribution in [2.24, 2.45) is 0 Å². The van der Waals surface area contributed by atoms with Crippen LogP contribution in [0.25, 0.3) is 0 Å². The van der Waals surface area contributed by atoms with Crippen molar-refractivity contribution < 1.29 is 9.94 Å². The number of ether oxygens (including phenoxy) is 1. The molecule has 0 heterocycles. The van der Waals surface area contributed by atoms with Gasteiger partial charge in [-0.3, -0.25) is 0 Å². The summed E-state index contributed by atoms with van der Waals surface area (Å²) in [5.41, 5.74) is 4.24. The van der Waals surface area contributed by atoms with Gasteiger partial charge in [0.25, 0.3) is 0 Å². The van der Waals surface area contributed by atoms with Crippen molar-refractivity contribution in [1.82, 2.24) is 5.48 Å². The van der Waals surface area contributed by atoms with Crippen molar-refractivity contribution >= 4 is 15.9 Å². The summed E-state index contributed by atoms with van der Waals surface area (Å²) >= 11 is 3.37. The molecule has 0 aliphatic rings. The predicted molar refractivity (Wildman–Crippen MR) is 53.5 cm³/mol. The van der Waals surface area contributed by atoms with Gasteiger partial charge in [-0.15, -0.1) is 0 Å². The normalized spacial score (nSPS) is 10.4. The van der Waals surface area contributed by atoms with Gasteiger partial charge in [-0.05, 0) is 23.3 Å². The molecule has 0 saturated heterocycles. The Morgan fingerprint density at radius 1 is 1.46 bits per heavy atom. The van der Waals surface area contributed by atoms with Crippen molar-refractivity contribution in [3.63, 3.8) is 0 Å². The Kier molecular flexibility index (Phi) is 4.38. The van der Waals surface area contributed by atoms with E-state index in [2.05, 4.69) is 21.4 Å². The van der Waals surface area contributed by atoms with Gasteiger partial charge in [-0.2, -0.15) is 0 Å². The van der Waals surface area contributed by atoms with Gasteiger partial charge < -0.3 is 9.94 Å². The molecule has 13 heavy (non-hydrogen) atoms. The van der Waals surface area contributed by atoms with E-state index in [0.29, 0.717) is 13.2 Å². The molecule has 0 spiro atoms. The van der Waals surface area contributed by atoms with E-state index < -0.39 is 0 Å². The molecule has 1 aromatic rings. The minimum atomic E-state index is 0.429. The van der Waals surface area contributed by atoms with Crippen LogP contribution in [0, 0.1) is 0 Å². The molecule has 1 rings (SSSR count). The van der Waals surface area contributed by atoms with E-state index in [-0.39, 0.29) is 0 Å². The molecular weight excluding hydrogens is 234 g/mol. The fraction of sp³-hybridized carbons (Fsp3) is 0.333. The average molecular weight is 246 g/mol. The zero-order chi connectivity index (χ0) is 9.68. The highest BCUT2D eigenvalue weighted by Crippen LogP contribution is 2.17. The van der Waals surface area contributed by atoms with E-state index >= 15 is 0 Å². The second kappa shape index (κ2) is 5.34. The Labute approximate surface area is 85.8 Å². The van der Waals surface area contributed by atoms with E-state index in [1.165, 1.54) is 0 Å². The SMILES string of the molecule is COCc1ccc(Br)cc1CNO. The van der Waals surface area contributed by atoms with E-state index in [1.807, 2.05) is 18.2 Å². The van der Waals surface area contributed by atoms with Crippen LogP contribution in [0.15, 0.2) is 22.7 Å². The lowest BCUT2D eigenvalue weighted by Crippen LogP contribution is -2.09. The molecule has 0 bridgehead atoms. The van der Waals surface area contributed by atoms with E-state index in [0.717, 1.165) is 15.6 Å². The fourth-order valence-corrected chi connectivity index (χ4v) is 1.55. The van der Waals surface area contributed by atoms with Gasteiger partial charge in [-0.1, -0.05) is 22.0 Å². The Bertz CT molecular complexity index is 278. The van der Waals surface area contributed by atoms with E-state index in [4.69, 9.17) is 9.94 Å². The summed E-state index contributed by atoms with van der Waals surface area (Å²) in [7, 11) is 1.65. The van der Waals surface area contributed by atoms with Gasteiger partial charge in [0.15, 0.2) is 0 Å². The highest BCUT2D eigenvalue weighted by atomic mass is 79.9. The lowest BCUT2D eigenvalue weighted by molar-refractivity contribution is 0.157. The first kappa shape index (κ1) is 10.7. The molecule has 0 aromatic heterocycles. The second-order valence-corrected chi connectivity index (χ2v) is 3.60. The molecule has 0 radical (unpaired) electrons. The van der Waals surface area contributed by atoms with Crippen LogP contribution < -0.4 is 5.48 Å². The first-order chi connectivity index (χ1) is 6.27. The minimum Gasteiger partial charge on any atom is -0.380 e. The summed E-state index contributed by atoms with van der Waals surface area (Å²) in [6.07, 6.45) is 0. The van der Waals surface area contributed by atoms with E-state index in [9.17, 15) is 0 Å². The molecule has 0 atom stereocenters. The van der Waals surface area contributed by atoms with Gasteiger partial charge in [0.1, 0.15) is 0 Å². The molecular formula is C9H12BrNO2. The smallest absolute Gasteiger partial charge is 0.0716 e. The van der Waals surface area contributed by atoms with Crippen molar-refractivity contribution in [2.45, 2.75) is 13.2 Å². The third kappa shape index (κ3) is 3.08. The third-order valence-electron chi connectivity index (χ3n) is 1.74. The number of halogens is 1. The van der Waals surface area contributed by atoms with Crippen LogP contribution in [0.1, 0.15) is 11.1 Å². The third-order valence-corrected chi connectivity index (χ3v) is 2.23. The van der Waals surface area contributed by atoms with Crippen LogP contribution in [0.2, 0.25) is 0 Å². The topological polar surface area (TPSA) is 41.5 Å². The summed E-state index contributed by atoms with van der Waals surface area (Å²) in [4.78, 5) is 0. The molecule has 0 unspecified atom stereocenters. The van der Waals surface area contributed by atoms with Crippen LogP contribution in [-0.2, 0) is 17.9 Å². The van der Waals surface area contributed by atoms with Crippen molar-refractivity contribution in [3.8, 4) is 0 Å². The molecule has 0 saturated carbocycles. The largest absolute Gasteiger partial charge is 0.380 e. The maximum atomic E-state index is 8.60. The minimum absolute atomic E-state index is 0.429.